The normalized spacial score (nSPS) is 11.2. The molecule has 4 heterocycles. The van der Waals surface area contributed by atoms with Gasteiger partial charge in [0.1, 0.15) is 0 Å². The van der Waals surface area contributed by atoms with Crippen molar-refractivity contribution in [1.29, 1.82) is 0 Å². The third-order valence-corrected chi connectivity index (χ3v) is 28.9. The molecule has 0 fully saturated rings. The SMILES string of the molecule is CC.CC.CC.CC.CC.CC.CC.CC.CC.CC.CC.CC.CCn1c2ccc3ccccc3c2c2c3ccccc3c3c(c21)-c1c(ccc2ccccc12)C3.CCn1c2ccccc2c2c3ccccc3c3c(c21)-c1c(ccc2ccccc12)C3.CCn1c2ccccc2c2c3ccccc3c3c(c21)-c1c(ccc2ccccc12)C3.CCn1c2ccccc2c2c3ccccc3c3c(c21)-c1cc2ccccc2cc1C3. The maximum Gasteiger partial charge on any atom is 0.0580 e. The predicted molar refractivity (Wildman–Crippen MR) is 667 cm³/mol. The van der Waals surface area contributed by atoms with Crippen molar-refractivity contribution in [3.05, 3.63) is 396 Å². The standard InChI is InChI=1S/C33H23N.3C29H21N.12C2H6/c1-2-34-28-18-17-21-10-4-6-12-24(21)30(28)31-26-14-8-7-13-25(26)27-19-22-16-15-20-9-3-5-11-23(20)29(22)32(27)33(31)34;1-2-30-26-14-8-7-13-23(26)27-22-12-6-5-11-21(22)25-17-20-15-18-9-3-4-10-19(18)16-24(20)28(25)29(27)30;2*1-2-30-25-14-8-7-13-23(25)27-22-12-6-5-11-21(22)24-17-19-16-15-18-9-3-4-10-20(18)26(19)28(24)29(27)30;12*1-2/h3-18H,2,19H2,1H3;3*3-16H,2,17H2,1H3;12*1-2H3. The summed E-state index contributed by atoms with van der Waals surface area (Å²) in [6.07, 6.45) is 4.03. The van der Waals surface area contributed by atoms with Crippen molar-refractivity contribution in [2.24, 2.45) is 0 Å². The molecule has 0 unspecified atom stereocenters. The molecule has 4 aromatic heterocycles. The minimum Gasteiger partial charge on any atom is -0.340 e. The van der Waals surface area contributed by atoms with Crippen LogP contribution in [-0.4, -0.2) is 18.3 Å². The van der Waals surface area contributed by atoms with E-state index in [2.05, 4.69) is 398 Å². The van der Waals surface area contributed by atoms with Gasteiger partial charge in [-0.25, -0.2) is 0 Å². The zero-order valence-electron chi connectivity index (χ0n) is 93.9. The minimum atomic E-state index is 0.948. The fourth-order valence-corrected chi connectivity index (χ4v) is 24.0. The van der Waals surface area contributed by atoms with Crippen LogP contribution < -0.4 is 0 Å². The van der Waals surface area contributed by atoms with Crippen LogP contribution in [0.3, 0.4) is 0 Å². The number of hydrogen-bond donors (Lipinski definition) is 0. The fourth-order valence-electron chi connectivity index (χ4n) is 24.0. The molecular weight excluding hydrogens is 1790 g/mol. The zero-order valence-corrected chi connectivity index (χ0v) is 93.9. The monoisotopic (exact) mass is 1940 g/mol. The van der Waals surface area contributed by atoms with Gasteiger partial charge in [-0.15, -0.1) is 0 Å². The second-order valence-electron chi connectivity index (χ2n) is 34.7. The van der Waals surface area contributed by atoms with E-state index in [1.54, 1.807) is 0 Å². The van der Waals surface area contributed by atoms with Gasteiger partial charge >= 0.3 is 0 Å². The van der Waals surface area contributed by atoms with Gasteiger partial charge in [0.2, 0.25) is 0 Å². The first-order valence-electron chi connectivity index (χ1n) is 56.7. The number of benzene rings is 21. The van der Waals surface area contributed by atoms with Crippen molar-refractivity contribution in [2.75, 3.05) is 0 Å². The molecule has 0 saturated heterocycles. The maximum atomic E-state index is 2.57. The van der Waals surface area contributed by atoms with Crippen molar-refractivity contribution in [3.8, 4) is 44.5 Å². The van der Waals surface area contributed by atoms with Crippen molar-refractivity contribution >= 4 is 184 Å². The number of nitrogens with zero attached hydrogens (tertiary/aromatic N) is 4. The van der Waals surface area contributed by atoms with Crippen LogP contribution in [0.1, 0.15) is 238 Å². The lowest BCUT2D eigenvalue weighted by Gasteiger charge is -2.14. The largest absolute Gasteiger partial charge is 0.340 e. The second kappa shape index (κ2) is 50.0. The third kappa shape index (κ3) is 18.2. The van der Waals surface area contributed by atoms with Gasteiger partial charge in [-0.3, -0.25) is 0 Å². The molecule has 0 atom stereocenters. The number of aryl methyl sites for hydroxylation is 4. The highest BCUT2D eigenvalue weighted by atomic mass is 15.0. The molecule has 0 saturated carbocycles. The molecule has 4 nitrogen and oxygen atoms in total. The van der Waals surface area contributed by atoms with Crippen molar-refractivity contribution in [1.82, 2.24) is 18.3 Å². The molecule has 21 aromatic carbocycles. The molecule has 4 aliphatic rings. The first kappa shape index (κ1) is 109. The predicted octanol–water partition coefficient (Wildman–Crippen LogP) is 44.2. The van der Waals surface area contributed by atoms with Crippen molar-refractivity contribution < 1.29 is 0 Å². The van der Waals surface area contributed by atoms with Crippen molar-refractivity contribution in [3.63, 3.8) is 0 Å². The van der Waals surface area contributed by atoms with Crippen LogP contribution in [0.5, 0.6) is 0 Å². The molecule has 0 spiro atoms. The van der Waals surface area contributed by atoms with Crippen LogP contribution in [0.25, 0.3) is 229 Å². The van der Waals surface area contributed by atoms with Crippen molar-refractivity contribution in [2.45, 2.75) is 246 Å². The Morgan fingerprint density at radius 1 is 0.155 bits per heavy atom. The molecule has 0 amide bonds. The summed E-state index contributed by atoms with van der Waals surface area (Å²) < 4.78 is 10.2. The Morgan fingerprint density at radius 2 is 0.372 bits per heavy atom. The van der Waals surface area contributed by atoms with E-state index >= 15 is 0 Å². The molecule has 0 bridgehead atoms. The fraction of sp³-hybridized carbons (Fsp3) is 0.250. The third-order valence-electron chi connectivity index (χ3n) is 28.9. The summed E-state index contributed by atoms with van der Waals surface area (Å²) in [4.78, 5) is 0. The molecule has 0 N–H and O–H groups in total. The van der Waals surface area contributed by atoms with E-state index in [9.17, 15) is 0 Å². The quantitative estimate of drug-likeness (QED) is 0.167. The number of rotatable bonds is 4. The summed E-state index contributed by atoms with van der Waals surface area (Å²) in [5, 5.41) is 35.6. The van der Waals surface area contributed by atoms with Gasteiger partial charge < -0.3 is 18.3 Å². The Hall–Kier alpha value is -14.8. The van der Waals surface area contributed by atoms with E-state index in [-0.39, 0.29) is 0 Å². The lowest BCUT2D eigenvalue weighted by molar-refractivity contribution is 0.828. The Balaban J connectivity index is 0.000000146. The number of para-hydroxylation sites is 3. The minimum absolute atomic E-state index is 0.948. The molecule has 4 heteroatoms. The van der Waals surface area contributed by atoms with Gasteiger partial charge in [-0.2, -0.15) is 0 Å². The summed E-state index contributed by atoms with van der Waals surface area (Å²) in [5.41, 5.74) is 34.2. The molecular formula is C144H158N4. The topological polar surface area (TPSA) is 19.7 Å². The van der Waals surface area contributed by atoms with E-state index < -0.39 is 0 Å². The van der Waals surface area contributed by atoms with Gasteiger partial charge in [0.05, 0.1) is 22.1 Å². The smallest absolute Gasteiger partial charge is 0.0580 e. The van der Waals surface area contributed by atoms with E-state index in [4.69, 9.17) is 0 Å². The highest BCUT2D eigenvalue weighted by molar-refractivity contribution is 6.34. The second-order valence-corrected chi connectivity index (χ2v) is 34.7. The van der Waals surface area contributed by atoms with E-state index in [0.717, 1.165) is 51.9 Å². The van der Waals surface area contributed by atoms with Gasteiger partial charge in [-0.05, 0) is 247 Å². The van der Waals surface area contributed by atoms with Crippen LogP contribution in [0.4, 0.5) is 0 Å². The Labute approximate surface area is 882 Å². The summed E-state index contributed by atoms with van der Waals surface area (Å²) in [6.45, 7) is 60.9. The maximum absolute atomic E-state index is 2.57. The summed E-state index contributed by atoms with van der Waals surface area (Å²) >= 11 is 0. The summed E-state index contributed by atoms with van der Waals surface area (Å²) in [5.74, 6) is 0. The van der Waals surface area contributed by atoms with E-state index in [1.165, 1.54) is 273 Å². The van der Waals surface area contributed by atoms with Gasteiger partial charge in [0.15, 0.2) is 0 Å². The van der Waals surface area contributed by atoms with Crippen LogP contribution in [-0.2, 0) is 51.9 Å². The molecule has 0 aliphatic heterocycles. The first-order chi connectivity index (χ1) is 73.4. The Bertz CT molecular complexity index is 8740. The van der Waals surface area contributed by atoms with Crippen LogP contribution in [0.2, 0.25) is 0 Å². The number of hydrogen-bond acceptors (Lipinski definition) is 0. The highest BCUT2D eigenvalue weighted by Crippen LogP contribution is 2.57. The van der Waals surface area contributed by atoms with Gasteiger partial charge in [0.25, 0.3) is 0 Å². The highest BCUT2D eigenvalue weighted by Gasteiger charge is 2.35. The first-order valence-corrected chi connectivity index (χ1v) is 56.7. The van der Waals surface area contributed by atoms with Crippen LogP contribution in [0, 0.1) is 0 Å². The molecule has 4 aliphatic carbocycles. The average molecular weight is 1940 g/mol. The summed E-state index contributed by atoms with van der Waals surface area (Å²) in [6, 6.07) is 130. The molecule has 0 radical (unpaired) electrons. The van der Waals surface area contributed by atoms with Gasteiger partial charge in [-0.1, -0.05) is 488 Å². The Morgan fingerprint density at radius 3 is 0.689 bits per heavy atom. The van der Waals surface area contributed by atoms with Gasteiger partial charge in [0, 0.05) is 114 Å². The molecule has 148 heavy (non-hydrogen) atoms. The zero-order chi connectivity index (χ0) is 106. The van der Waals surface area contributed by atoms with E-state index in [0.29, 0.717) is 0 Å². The molecule has 29 rings (SSSR count). The average Bonchev–Trinajstić information content (AvgIpc) is 1.61. The lowest BCUT2D eigenvalue weighted by atomic mass is 9.91. The molecule has 25 aromatic rings. The lowest BCUT2D eigenvalue weighted by Crippen LogP contribution is -1.96. The van der Waals surface area contributed by atoms with Crippen LogP contribution >= 0.6 is 0 Å². The van der Waals surface area contributed by atoms with Crippen LogP contribution in [0.15, 0.2) is 352 Å². The number of fused-ring (bicyclic) bond motifs is 49. The Kier molecular flexibility index (Phi) is 36.8. The summed E-state index contributed by atoms with van der Waals surface area (Å²) in [7, 11) is 0. The molecule has 754 valence electrons. The van der Waals surface area contributed by atoms with E-state index in [1.807, 2.05) is 166 Å². The number of aromatic nitrogens is 4.